The van der Waals surface area contributed by atoms with E-state index in [1.807, 2.05) is 48.5 Å². The van der Waals surface area contributed by atoms with Gasteiger partial charge >= 0.3 is 6.09 Å². The van der Waals surface area contributed by atoms with E-state index in [-0.39, 0.29) is 46.9 Å². The summed E-state index contributed by atoms with van der Waals surface area (Å²) in [4.78, 5) is 40.8. The van der Waals surface area contributed by atoms with Crippen molar-refractivity contribution in [3.63, 3.8) is 0 Å². The van der Waals surface area contributed by atoms with Gasteiger partial charge < -0.3 is 29.5 Å². The molecule has 2 saturated heterocycles. The number of nitrogens with one attached hydrogen (secondary N) is 1. The summed E-state index contributed by atoms with van der Waals surface area (Å²) in [7, 11) is 0. The highest BCUT2D eigenvalue weighted by Crippen LogP contribution is 2.44. The largest absolute Gasteiger partial charge is 0.451 e. The molecule has 10 nitrogen and oxygen atoms in total. The van der Waals surface area contributed by atoms with Gasteiger partial charge in [0.05, 0.1) is 11.8 Å². The quantitative estimate of drug-likeness (QED) is 0.326. The number of amides is 2. The van der Waals surface area contributed by atoms with Gasteiger partial charge in [-0.1, -0.05) is 0 Å². The fourth-order valence-corrected chi connectivity index (χ4v) is 7.31. The number of benzene rings is 1. The topological polar surface area (TPSA) is 100 Å². The molecule has 0 unspecified atom stereocenters. The summed E-state index contributed by atoms with van der Waals surface area (Å²) in [5.41, 5.74) is -0.0417. The zero-order valence-electron chi connectivity index (χ0n) is 28.5. The van der Waals surface area contributed by atoms with Crippen LogP contribution in [0.4, 0.5) is 15.0 Å². The number of nitrogens with zero attached hydrogens (tertiary/aromatic N) is 5. The number of likely N-dealkylation sites (tertiary alicyclic amines) is 1. The predicted octanol–water partition coefficient (Wildman–Crippen LogP) is 6.26. The van der Waals surface area contributed by atoms with E-state index in [0.717, 1.165) is 58.4 Å². The molecule has 1 saturated carbocycles. The Morgan fingerprint density at radius 3 is 2.35 bits per heavy atom. The Hall–Kier alpha value is -3.47. The van der Waals surface area contributed by atoms with Gasteiger partial charge in [-0.15, -0.1) is 0 Å². The molecule has 0 radical (unpaired) electrons. The number of rotatable bonds is 10. The van der Waals surface area contributed by atoms with Gasteiger partial charge in [-0.2, -0.15) is 0 Å². The van der Waals surface area contributed by atoms with Crippen molar-refractivity contribution in [2.24, 2.45) is 11.3 Å². The van der Waals surface area contributed by atoms with Crippen LogP contribution in [0.5, 0.6) is 11.5 Å². The van der Waals surface area contributed by atoms with E-state index in [2.05, 4.69) is 25.1 Å². The lowest BCUT2D eigenvalue weighted by Gasteiger charge is -2.61. The summed E-state index contributed by atoms with van der Waals surface area (Å²) in [5, 5.41) is 3.04. The molecule has 11 heteroatoms. The van der Waals surface area contributed by atoms with E-state index < -0.39 is 11.4 Å². The SMILES string of the molecule is CC(C)N(C(=O)c1cc(F)ccc1Oc1cncnc1N1CC2(CN(CCC3CCC(NC(=O)OC(C)(C)C)CC3)C2)C1)C(C)C. The van der Waals surface area contributed by atoms with Crippen LogP contribution in [-0.2, 0) is 4.74 Å². The average molecular weight is 639 g/mol. The third-order valence-electron chi connectivity index (χ3n) is 9.29. The third kappa shape index (κ3) is 8.08. The van der Waals surface area contributed by atoms with Crippen LogP contribution in [0.1, 0.15) is 90.9 Å². The van der Waals surface area contributed by atoms with Crippen LogP contribution in [0.3, 0.4) is 0 Å². The number of ether oxygens (including phenoxy) is 2. The summed E-state index contributed by atoms with van der Waals surface area (Å²) >= 11 is 0. The van der Waals surface area contributed by atoms with Gasteiger partial charge in [0.15, 0.2) is 11.6 Å². The molecular weight excluding hydrogens is 587 g/mol. The molecule has 3 fully saturated rings. The van der Waals surface area contributed by atoms with Crippen molar-refractivity contribution in [1.29, 1.82) is 0 Å². The molecular formula is C35H51FN6O4. The smallest absolute Gasteiger partial charge is 0.407 e. The Morgan fingerprint density at radius 2 is 1.72 bits per heavy atom. The molecule has 0 atom stereocenters. The third-order valence-corrected chi connectivity index (χ3v) is 9.29. The summed E-state index contributed by atoms with van der Waals surface area (Å²) in [6.45, 7) is 18.4. The minimum Gasteiger partial charge on any atom is -0.451 e. The summed E-state index contributed by atoms with van der Waals surface area (Å²) < 4.78 is 26.0. The number of aromatic nitrogens is 2. The molecule has 46 heavy (non-hydrogen) atoms. The van der Waals surface area contributed by atoms with Crippen LogP contribution in [0.2, 0.25) is 0 Å². The number of alkyl carbamates (subject to hydrolysis) is 1. The van der Waals surface area contributed by atoms with E-state index >= 15 is 0 Å². The maximum absolute atomic E-state index is 14.3. The van der Waals surface area contributed by atoms with Crippen molar-refractivity contribution in [1.82, 2.24) is 25.1 Å². The number of carbonyl (C=O) groups excluding carboxylic acids is 2. The van der Waals surface area contributed by atoms with Crippen molar-refractivity contribution < 1.29 is 23.5 Å². The predicted molar refractivity (Wildman–Crippen MR) is 176 cm³/mol. The van der Waals surface area contributed by atoms with Crippen LogP contribution in [0.15, 0.2) is 30.7 Å². The van der Waals surface area contributed by atoms with Crippen molar-refractivity contribution in [3.8, 4) is 11.5 Å². The number of hydrogen-bond acceptors (Lipinski definition) is 8. The second-order valence-corrected chi connectivity index (χ2v) is 15.1. The first-order chi connectivity index (χ1) is 21.7. The Labute approximate surface area is 273 Å². The van der Waals surface area contributed by atoms with E-state index in [0.29, 0.717) is 17.5 Å². The number of halogens is 1. The molecule has 1 aromatic carbocycles. The van der Waals surface area contributed by atoms with Gasteiger partial charge in [-0.3, -0.25) is 4.79 Å². The minimum atomic E-state index is -0.491. The first-order valence-electron chi connectivity index (χ1n) is 16.8. The molecule has 252 valence electrons. The van der Waals surface area contributed by atoms with Gasteiger partial charge in [0.1, 0.15) is 23.5 Å². The maximum Gasteiger partial charge on any atom is 0.407 e. The number of anilines is 1. The molecule has 2 amide bonds. The molecule has 2 aromatic rings. The molecule has 1 aromatic heterocycles. The highest BCUT2D eigenvalue weighted by Gasteiger charge is 2.52. The van der Waals surface area contributed by atoms with Crippen LogP contribution >= 0.6 is 0 Å². The Morgan fingerprint density at radius 1 is 1.04 bits per heavy atom. The molecule has 1 aliphatic carbocycles. The standard InChI is InChI=1S/C35H51FN6O4/c1-23(2)42(24(3)4)32(43)28-16-26(36)10-13-29(28)45-30-17-37-22-38-31(30)41-20-35(21-41)18-40(19-35)15-14-25-8-11-27(12-9-25)39-33(44)46-34(5,6)7/h10,13,16-17,22-25,27H,8-9,11-12,14-15,18-21H2,1-7H3,(H,39,44). The fourth-order valence-electron chi connectivity index (χ4n) is 7.31. The number of carbonyl (C=O) groups is 2. The summed E-state index contributed by atoms with van der Waals surface area (Å²) in [6, 6.07) is 4.15. The monoisotopic (exact) mass is 638 g/mol. The Kier molecular flexibility index (Phi) is 10.1. The van der Waals surface area contributed by atoms with Crippen molar-refractivity contribution >= 4 is 17.8 Å². The molecule has 5 rings (SSSR count). The lowest BCUT2D eigenvalue weighted by atomic mass is 9.72. The normalized spacial score (nSPS) is 21.1. The molecule has 1 spiro atoms. The van der Waals surface area contributed by atoms with Gasteiger partial charge in [-0.05, 0) is 111 Å². The minimum absolute atomic E-state index is 0.0540. The Balaban J connectivity index is 1.10. The lowest BCUT2D eigenvalue weighted by Crippen LogP contribution is -2.72. The number of hydrogen-bond donors (Lipinski definition) is 1. The second-order valence-electron chi connectivity index (χ2n) is 15.1. The van der Waals surface area contributed by atoms with Gasteiger partial charge in [-0.25, -0.2) is 19.2 Å². The highest BCUT2D eigenvalue weighted by molar-refractivity contribution is 5.97. The van der Waals surface area contributed by atoms with Crippen LogP contribution < -0.4 is 15.0 Å². The Bertz CT molecular complexity index is 1370. The van der Waals surface area contributed by atoms with Crippen LogP contribution in [0, 0.1) is 17.2 Å². The van der Waals surface area contributed by atoms with Crippen LogP contribution in [-0.4, -0.2) is 88.2 Å². The second kappa shape index (κ2) is 13.7. The van der Waals surface area contributed by atoms with Crippen molar-refractivity contribution in [2.75, 3.05) is 37.6 Å². The van der Waals surface area contributed by atoms with E-state index in [1.54, 1.807) is 11.1 Å². The first-order valence-corrected chi connectivity index (χ1v) is 16.8. The van der Waals surface area contributed by atoms with Gasteiger partial charge in [0.2, 0.25) is 0 Å². The lowest BCUT2D eigenvalue weighted by molar-refractivity contribution is -0.0258. The van der Waals surface area contributed by atoms with Gasteiger partial charge in [0.25, 0.3) is 5.91 Å². The summed E-state index contributed by atoms with van der Waals surface area (Å²) in [5.74, 6) is 1.35. The summed E-state index contributed by atoms with van der Waals surface area (Å²) in [6.07, 6.45) is 8.28. The highest BCUT2D eigenvalue weighted by atomic mass is 19.1. The molecule has 3 heterocycles. The fraction of sp³-hybridized carbons (Fsp3) is 0.657. The van der Waals surface area contributed by atoms with Gasteiger partial charge in [0, 0.05) is 49.7 Å². The average Bonchev–Trinajstić information content (AvgIpc) is 2.92. The van der Waals surface area contributed by atoms with E-state index in [4.69, 9.17) is 9.47 Å². The maximum atomic E-state index is 14.3. The molecule has 2 aliphatic heterocycles. The zero-order valence-corrected chi connectivity index (χ0v) is 28.5. The zero-order chi connectivity index (χ0) is 33.2. The molecule has 0 bridgehead atoms. The van der Waals surface area contributed by atoms with Crippen molar-refractivity contribution in [2.45, 2.75) is 104 Å². The van der Waals surface area contributed by atoms with Crippen molar-refractivity contribution in [3.05, 3.63) is 42.1 Å². The van der Waals surface area contributed by atoms with E-state index in [1.165, 1.54) is 30.9 Å². The first kappa shape index (κ1) is 33.9. The van der Waals surface area contributed by atoms with Crippen LogP contribution in [0.25, 0.3) is 0 Å². The molecule has 3 aliphatic rings. The molecule has 1 N–H and O–H groups in total. The van der Waals surface area contributed by atoms with E-state index in [9.17, 15) is 14.0 Å².